The Morgan fingerprint density at radius 3 is 2.56 bits per heavy atom. The number of hydrogen-bond donors (Lipinski definition) is 2. The smallest absolute Gasteiger partial charge is 0.0229 e. The van der Waals surface area contributed by atoms with Gasteiger partial charge in [-0.25, -0.2) is 0 Å². The van der Waals surface area contributed by atoms with Crippen LogP contribution < -0.4 is 11.1 Å². The lowest BCUT2D eigenvalue weighted by molar-refractivity contribution is 0.221. The first-order chi connectivity index (χ1) is 8.60. The summed E-state index contributed by atoms with van der Waals surface area (Å²) in [5, 5.41) is 3.73. The van der Waals surface area contributed by atoms with Crippen molar-refractivity contribution in [2.75, 3.05) is 13.1 Å². The minimum Gasteiger partial charge on any atom is -0.324 e. The second kappa shape index (κ2) is 6.21. The highest BCUT2D eigenvalue weighted by molar-refractivity contribution is 5.05. The molecule has 0 aromatic heterocycles. The molecule has 0 saturated heterocycles. The topological polar surface area (TPSA) is 38.0 Å². The highest BCUT2D eigenvalue weighted by atomic mass is 14.9. The maximum absolute atomic E-state index is 5.90. The monoisotopic (exact) mass is 250 g/mol. The Morgan fingerprint density at radius 2 is 2.00 bits per heavy atom. The Morgan fingerprint density at radius 1 is 1.28 bits per heavy atom. The molecule has 0 radical (unpaired) electrons. The fraction of sp³-hybridized carbons (Fsp3) is 0.875. The molecule has 0 aromatic rings. The zero-order valence-corrected chi connectivity index (χ0v) is 12.1. The molecule has 2 heteroatoms. The molecule has 2 atom stereocenters. The molecule has 104 valence electrons. The fourth-order valence-electron chi connectivity index (χ4n) is 3.92. The van der Waals surface area contributed by atoms with Crippen molar-refractivity contribution in [3.05, 3.63) is 12.2 Å². The second-order valence-corrected chi connectivity index (χ2v) is 6.98. The Labute approximate surface area is 112 Å². The van der Waals surface area contributed by atoms with Crippen molar-refractivity contribution in [1.82, 2.24) is 5.32 Å². The highest BCUT2D eigenvalue weighted by Crippen LogP contribution is 2.42. The number of hydrogen-bond acceptors (Lipinski definition) is 2. The van der Waals surface area contributed by atoms with Gasteiger partial charge in [0.1, 0.15) is 0 Å². The van der Waals surface area contributed by atoms with Crippen LogP contribution in [0.3, 0.4) is 0 Å². The summed E-state index contributed by atoms with van der Waals surface area (Å²) in [4.78, 5) is 0. The highest BCUT2D eigenvalue weighted by Gasteiger charge is 2.34. The maximum Gasteiger partial charge on any atom is 0.0229 e. The lowest BCUT2D eigenvalue weighted by atomic mass is 9.78. The average Bonchev–Trinajstić information content (AvgIpc) is 2.88. The van der Waals surface area contributed by atoms with E-state index in [-0.39, 0.29) is 0 Å². The van der Waals surface area contributed by atoms with Crippen LogP contribution in [0.4, 0.5) is 0 Å². The molecule has 1 fully saturated rings. The van der Waals surface area contributed by atoms with Gasteiger partial charge in [-0.15, -0.1) is 0 Å². The van der Waals surface area contributed by atoms with E-state index in [2.05, 4.69) is 31.3 Å². The number of rotatable bonds is 6. The average molecular weight is 250 g/mol. The zero-order chi connectivity index (χ0) is 13.0. The summed E-state index contributed by atoms with van der Waals surface area (Å²) < 4.78 is 0. The molecule has 2 nitrogen and oxygen atoms in total. The third kappa shape index (κ3) is 3.83. The van der Waals surface area contributed by atoms with Crippen LogP contribution in [-0.2, 0) is 0 Å². The minimum atomic E-state index is 0.299. The molecule has 0 spiro atoms. The van der Waals surface area contributed by atoms with Crippen molar-refractivity contribution < 1.29 is 0 Å². The maximum atomic E-state index is 5.90. The molecule has 2 aliphatic carbocycles. The Bertz CT molecular complexity index is 277. The summed E-state index contributed by atoms with van der Waals surface area (Å²) >= 11 is 0. The van der Waals surface area contributed by atoms with Crippen LogP contribution in [0, 0.1) is 17.3 Å². The molecule has 2 aliphatic rings. The molecule has 18 heavy (non-hydrogen) atoms. The van der Waals surface area contributed by atoms with E-state index in [1.165, 1.54) is 38.6 Å². The van der Waals surface area contributed by atoms with Crippen LogP contribution in [0.5, 0.6) is 0 Å². The molecule has 2 rings (SSSR count). The quantitative estimate of drug-likeness (QED) is 0.711. The second-order valence-electron chi connectivity index (χ2n) is 6.98. The first-order valence-electron chi connectivity index (χ1n) is 7.74. The standard InChI is InChI=1S/C16H30N2/c1-13(2)10-16(7-3-4-8-16)12-18-11-14-5-6-15(17)9-14/h5-6,13-15,18H,3-4,7-12,17H2,1-2H3. The van der Waals surface area contributed by atoms with Gasteiger partial charge in [0.2, 0.25) is 0 Å². The molecule has 2 unspecified atom stereocenters. The summed E-state index contributed by atoms with van der Waals surface area (Å²) in [6.45, 7) is 7.05. The summed E-state index contributed by atoms with van der Waals surface area (Å²) in [6.07, 6.45) is 12.7. The largest absolute Gasteiger partial charge is 0.324 e. The first kappa shape index (κ1) is 14.1. The third-order valence-corrected chi connectivity index (χ3v) is 4.62. The van der Waals surface area contributed by atoms with Crippen LogP contribution >= 0.6 is 0 Å². The Balaban J connectivity index is 1.74. The van der Waals surface area contributed by atoms with Gasteiger partial charge < -0.3 is 11.1 Å². The summed E-state index contributed by atoms with van der Waals surface area (Å²) in [5.41, 5.74) is 6.49. The molecule has 0 aliphatic heterocycles. The SMILES string of the molecule is CC(C)CC1(CNCC2C=CC(N)C2)CCCC1. The molecular weight excluding hydrogens is 220 g/mol. The van der Waals surface area contributed by atoms with Crippen LogP contribution in [0.1, 0.15) is 52.4 Å². The van der Waals surface area contributed by atoms with E-state index < -0.39 is 0 Å². The Kier molecular flexibility index (Phi) is 4.85. The third-order valence-electron chi connectivity index (χ3n) is 4.62. The molecule has 0 amide bonds. The normalized spacial score (nSPS) is 30.4. The van der Waals surface area contributed by atoms with Crippen molar-refractivity contribution in [2.45, 2.75) is 58.4 Å². The molecule has 0 aromatic carbocycles. The van der Waals surface area contributed by atoms with Gasteiger partial charge >= 0.3 is 0 Å². The molecular formula is C16H30N2. The van der Waals surface area contributed by atoms with E-state index in [0.717, 1.165) is 18.9 Å². The Hall–Kier alpha value is -0.340. The van der Waals surface area contributed by atoms with E-state index in [1.807, 2.05) is 0 Å². The van der Waals surface area contributed by atoms with Gasteiger partial charge in [0.25, 0.3) is 0 Å². The van der Waals surface area contributed by atoms with Crippen LogP contribution in [0.15, 0.2) is 12.2 Å². The number of nitrogens with two attached hydrogens (primary N) is 1. The summed E-state index contributed by atoms with van der Waals surface area (Å²) in [5.74, 6) is 1.49. The predicted octanol–water partition coefficient (Wildman–Crippen LogP) is 3.09. The van der Waals surface area contributed by atoms with E-state index in [9.17, 15) is 0 Å². The van der Waals surface area contributed by atoms with Crippen molar-refractivity contribution in [3.8, 4) is 0 Å². The van der Waals surface area contributed by atoms with E-state index in [0.29, 0.717) is 17.4 Å². The zero-order valence-electron chi connectivity index (χ0n) is 12.1. The lowest BCUT2D eigenvalue weighted by Gasteiger charge is -2.31. The minimum absolute atomic E-state index is 0.299. The first-order valence-corrected chi connectivity index (χ1v) is 7.74. The van der Waals surface area contributed by atoms with Crippen LogP contribution in [0.2, 0.25) is 0 Å². The van der Waals surface area contributed by atoms with Crippen molar-refractivity contribution in [3.63, 3.8) is 0 Å². The molecule has 3 N–H and O–H groups in total. The number of nitrogens with one attached hydrogen (secondary N) is 1. The van der Waals surface area contributed by atoms with Crippen molar-refractivity contribution in [2.24, 2.45) is 23.0 Å². The van der Waals surface area contributed by atoms with Crippen molar-refractivity contribution >= 4 is 0 Å². The van der Waals surface area contributed by atoms with Crippen LogP contribution in [-0.4, -0.2) is 19.1 Å². The van der Waals surface area contributed by atoms with Crippen LogP contribution in [0.25, 0.3) is 0 Å². The fourth-order valence-corrected chi connectivity index (χ4v) is 3.92. The van der Waals surface area contributed by atoms with Gasteiger partial charge in [-0.1, -0.05) is 38.8 Å². The van der Waals surface area contributed by atoms with Gasteiger partial charge in [0.05, 0.1) is 0 Å². The molecule has 0 bridgehead atoms. The van der Waals surface area contributed by atoms with Gasteiger partial charge in [0.15, 0.2) is 0 Å². The summed E-state index contributed by atoms with van der Waals surface area (Å²) in [7, 11) is 0. The lowest BCUT2D eigenvalue weighted by Crippen LogP contribution is -2.35. The van der Waals surface area contributed by atoms with Crippen molar-refractivity contribution in [1.29, 1.82) is 0 Å². The van der Waals surface area contributed by atoms with E-state index in [1.54, 1.807) is 0 Å². The van der Waals surface area contributed by atoms with E-state index >= 15 is 0 Å². The van der Waals surface area contributed by atoms with Gasteiger partial charge in [0, 0.05) is 19.1 Å². The van der Waals surface area contributed by atoms with Gasteiger partial charge in [-0.05, 0) is 42.9 Å². The summed E-state index contributed by atoms with van der Waals surface area (Å²) in [6, 6.07) is 0.299. The molecule has 1 saturated carbocycles. The van der Waals surface area contributed by atoms with Gasteiger partial charge in [-0.3, -0.25) is 0 Å². The molecule has 0 heterocycles. The van der Waals surface area contributed by atoms with Gasteiger partial charge in [-0.2, -0.15) is 0 Å². The predicted molar refractivity (Wildman–Crippen MR) is 78.4 cm³/mol. The van der Waals surface area contributed by atoms with E-state index in [4.69, 9.17) is 5.73 Å².